The molecule has 338 valence electrons. The lowest BCUT2D eigenvalue weighted by atomic mass is 9.80. The van der Waals surface area contributed by atoms with Crippen LogP contribution in [0, 0.1) is 0 Å². The number of nitrogens with one attached hydrogen (secondary N) is 1. The molecule has 0 radical (unpaired) electrons. The van der Waals surface area contributed by atoms with E-state index in [1.807, 2.05) is 101 Å². The van der Waals surface area contributed by atoms with Gasteiger partial charge in [-0.1, -0.05) is 72.8 Å². The fourth-order valence-electron chi connectivity index (χ4n) is 8.07. The first kappa shape index (κ1) is 47.1. The number of carbonyl (C=O) groups excluding carboxylic acids is 1. The highest BCUT2D eigenvalue weighted by Crippen LogP contribution is 2.51. The van der Waals surface area contributed by atoms with Crippen LogP contribution in [0.1, 0.15) is 80.2 Å². The molecule has 4 atom stereocenters. The van der Waals surface area contributed by atoms with E-state index >= 15 is 0 Å². The summed E-state index contributed by atoms with van der Waals surface area (Å²) in [6.07, 6.45) is 6.05. The number of anilines is 1. The fourth-order valence-corrected chi connectivity index (χ4v) is 10.4. The van der Waals surface area contributed by atoms with Gasteiger partial charge >= 0.3 is 0 Å². The van der Waals surface area contributed by atoms with E-state index in [4.69, 9.17) is 33.0 Å². The predicted molar refractivity (Wildman–Crippen MR) is 254 cm³/mol. The molecule has 7 rings (SSSR count). The normalized spacial score (nSPS) is 17.1. The van der Waals surface area contributed by atoms with Crippen LogP contribution in [0.15, 0.2) is 122 Å². The van der Waals surface area contributed by atoms with Crippen molar-refractivity contribution in [2.24, 2.45) is 0 Å². The Hall–Kier alpha value is -4.92. The van der Waals surface area contributed by atoms with Crippen molar-refractivity contribution in [3.8, 4) is 11.5 Å². The van der Waals surface area contributed by atoms with Gasteiger partial charge in [0.05, 0.1) is 39.9 Å². The number of rotatable bonds is 22. The van der Waals surface area contributed by atoms with Gasteiger partial charge in [-0.3, -0.25) is 9.36 Å². The monoisotopic (exact) mass is 906 g/mol. The van der Waals surface area contributed by atoms with E-state index in [1.54, 1.807) is 32.7 Å². The van der Waals surface area contributed by atoms with Crippen molar-refractivity contribution < 1.29 is 32.8 Å². The number of unbranched alkanes of at least 4 members (excludes halogenated alkanes) is 1. The molecule has 1 aliphatic heterocycles. The Kier molecular flexibility index (Phi) is 16.4. The Bertz CT molecular complexity index is 2320. The molecule has 13 nitrogen and oxygen atoms in total. The first-order valence-corrected chi connectivity index (χ1v) is 24.2. The van der Waals surface area contributed by atoms with Crippen LogP contribution < -0.4 is 14.8 Å². The number of methoxy groups -OCH3 is 2. The maximum Gasteiger partial charge on any atom is 0.259 e. The molecule has 1 amide bonds. The molecule has 1 N–H and O–H groups in total. The lowest BCUT2D eigenvalue weighted by molar-refractivity contribution is -0.0912. The molecule has 1 saturated heterocycles. The highest BCUT2D eigenvalue weighted by molar-refractivity contribution is 7.98. The van der Waals surface area contributed by atoms with Gasteiger partial charge in [0.25, 0.3) is 14.4 Å². The summed E-state index contributed by atoms with van der Waals surface area (Å²) < 4.78 is 43.9. The first-order valence-electron chi connectivity index (χ1n) is 21.7. The smallest absolute Gasteiger partial charge is 0.259 e. The average Bonchev–Trinajstić information content (AvgIpc) is 3.94. The molecular formula is C49H59N6O7PS. The van der Waals surface area contributed by atoms with Crippen molar-refractivity contribution in [2.45, 2.75) is 83.1 Å². The van der Waals surface area contributed by atoms with Crippen LogP contribution in [0.5, 0.6) is 11.5 Å². The zero-order valence-electron chi connectivity index (χ0n) is 37.6. The summed E-state index contributed by atoms with van der Waals surface area (Å²) in [5.74, 6) is 2.55. The van der Waals surface area contributed by atoms with Gasteiger partial charge in [0.15, 0.2) is 17.0 Å². The molecule has 1 fully saturated rings. The summed E-state index contributed by atoms with van der Waals surface area (Å²) in [7, 11) is 1.79. The van der Waals surface area contributed by atoms with E-state index in [9.17, 15) is 4.79 Å². The van der Waals surface area contributed by atoms with E-state index < -0.39 is 32.6 Å². The number of hydrogen-bond donors (Lipinski definition) is 1. The average molecular weight is 907 g/mol. The second-order valence-corrected chi connectivity index (χ2v) is 18.4. The molecule has 2 aromatic heterocycles. The van der Waals surface area contributed by atoms with Gasteiger partial charge in [-0.05, 0) is 106 Å². The molecule has 64 heavy (non-hydrogen) atoms. The molecule has 0 saturated carbocycles. The van der Waals surface area contributed by atoms with E-state index in [2.05, 4.69) is 66.0 Å². The number of imidazole rings is 1. The zero-order valence-corrected chi connectivity index (χ0v) is 39.3. The van der Waals surface area contributed by atoms with Gasteiger partial charge in [-0.2, -0.15) is 11.8 Å². The van der Waals surface area contributed by atoms with Crippen LogP contribution in [0.3, 0.4) is 0 Å². The number of fused-ring (bicyclic) bond motifs is 1. The first-order chi connectivity index (χ1) is 31.2. The number of ether oxygens (including phenoxy) is 4. The number of thioether (sulfide) groups is 1. The number of nitrogens with zero attached hydrogens (tertiary/aromatic N) is 5. The van der Waals surface area contributed by atoms with Crippen LogP contribution in [0.4, 0.5) is 5.82 Å². The van der Waals surface area contributed by atoms with Crippen molar-refractivity contribution in [1.82, 2.24) is 24.2 Å². The molecule has 4 aromatic carbocycles. The molecule has 6 aromatic rings. The Morgan fingerprint density at radius 3 is 2.05 bits per heavy atom. The maximum atomic E-state index is 13.2. The molecular weight excluding hydrogens is 848 g/mol. The van der Waals surface area contributed by atoms with Crippen molar-refractivity contribution in [2.75, 3.05) is 44.8 Å². The van der Waals surface area contributed by atoms with Crippen LogP contribution in [0.25, 0.3) is 11.2 Å². The second-order valence-electron chi connectivity index (χ2n) is 16.0. The largest absolute Gasteiger partial charge is 0.497 e. The van der Waals surface area contributed by atoms with Crippen LogP contribution >= 0.6 is 20.3 Å². The molecule has 1 aliphatic rings. The summed E-state index contributed by atoms with van der Waals surface area (Å²) >= 11 is 1.84. The summed E-state index contributed by atoms with van der Waals surface area (Å²) in [4.78, 5) is 27.0. The summed E-state index contributed by atoms with van der Waals surface area (Å²) in [6.45, 7) is 9.41. The summed E-state index contributed by atoms with van der Waals surface area (Å²) in [6, 6.07) is 35.5. The summed E-state index contributed by atoms with van der Waals surface area (Å²) in [5, 5.41) is 2.92. The topological polar surface area (TPSA) is 131 Å². The molecule has 1 unspecified atom stereocenters. The maximum absolute atomic E-state index is 13.2. The minimum Gasteiger partial charge on any atom is -0.497 e. The molecule has 15 heteroatoms. The van der Waals surface area contributed by atoms with E-state index in [0.717, 1.165) is 46.8 Å². The fraction of sp³-hybridized carbons (Fsp3) is 0.388. The molecule has 3 heterocycles. The third-order valence-electron chi connectivity index (χ3n) is 11.2. The number of aromatic nitrogens is 4. The quantitative estimate of drug-likeness (QED) is 0.0395. The van der Waals surface area contributed by atoms with E-state index in [0.29, 0.717) is 35.6 Å². The van der Waals surface area contributed by atoms with Gasteiger partial charge in [0, 0.05) is 24.1 Å². The van der Waals surface area contributed by atoms with Gasteiger partial charge in [-0.25, -0.2) is 19.6 Å². The Balaban J connectivity index is 1.27. The minimum atomic E-state index is -1.53. The third kappa shape index (κ3) is 10.8. The van der Waals surface area contributed by atoms with Crippen molar-refractivity contribution >= 4 is 43.2 Å². The van der Waals surface area contributed by atoms with Gasteiger partial charge in [-0.15, -0.1) is 0 Å². The van der Waals surface area contributed by atoms with Crippen molar-refractivity contribution in [3.05, 3.63) is 144 Å². The Morgan fingerprint density at radius 1 is 0.844 bits per heavy atom. The molecule has 0 spiro atoms. The SMILES string of the molecule is COc1ccc(C(OC[C@H]2O[C@@H](n3cnc4c(NC(=O)c5ccccc5)ncnc43)C[C@@H]2OP(OCCCCSC)N(C(C)C)C(C)C)(c2ccccc2)c2ccc(OC)cc2)cc1. The third-order valence-corrected chi connectivity index (χ3v) is 14.0. The number of carbonyl (C=O) groups is 1. The van der Waals surface area contributed by atoms with E-state index in [1.165, 1.54) is 6.33 Å². The standard InChI is InChI=1S/C49H59N6O7PS/c1-34(2)55(35(3)4)63(60-28-14-15-29-64-7)62-42-30-44(54-33-52-45-46(50-32-51-47(45)54)53-48(56)36-16-10-8-11-17-36)61-43(42)31-59-49(37-18-12-9-13-19-37,38-20-24-40(57-5)25-21-38)39-22-26-41(58-6)27-23-39/h8-13,16-27,32-35,42-44H,14-15,28-31H2,1-7H3,(H,50,51,53,56)/t42-,43+,44+,63?/m0/s1. The lowest BCUT2D eigenvalue weighted by Gasteiger charge is -2.39. The molecule has 0 aliphatic carbocycles. The number of hydrogen-bond acceptors (Lipinski definition) is 12. The second kappa shape index (κ2) is 22.3. The minimum absolute atomic E-state index is 0.133. The van der Waals surface area contributed by atoms with Gasteiger partial charge < -0.3 is 33.3 Å². The van der Waals surface area contributed by atoms with E-state index in [-0.39, 0.29) is 24.6 Å². The Labute approximate surface area is 382 Å². The van der Waals surface area contributed by atoms with Crippen LogP contribution in [-0.2, 0) is 24.1 Å². The Morgan fingerprint density at radius 2 is 1.45 bits per heavy atom. The van der Waals surface area contributed by atoms with Gasteiger partial charge in [0.2, 0.25) is 0 Å². The van der Waals surface area contributed by atoms with Crippen molar-refractivity contribution in [1.29, 1.82) is 0 Å². The van der Waals surface area contributed by atoms with Crippen LogP contribution in [0.2, 0.25) is 0 Å². The lowest BCUT2D eigenvalue weighted by Crippen LogP contribution is -2.39. The highest BCUT2D eigenvalue weighted by atomic mass is 32.2. The van der Waals surface area contributed by atoms with Gasteiger partial charge in [0.1, 0.15) is 35.8 Å². The highest BCUT2D eigenvalue weighted by Gasteiger charge is 2.45. The predicted octanol–water partition coefficient (Wildman–Crippen LogP) is 10.3. The van der Waals surface area contributed by atoms with Crippen molar-refractivity contribution in [3.63, 3.8) is 0 Å². The summed E-state index contributed by atoms with van der Waals surface area (Å²) in [5.41, 5.74) is 3.11. The number of benzene rings is 4. The van der Waals surface area contributed by atoms with Crippen LogP contribution in [-0.4, -0.2) is 93.8 Å². The zero-order chi connectivity index (χ0) is 45.1. The molecule has 0 bridgehead atoms. The number of amides is 1.